The third-order valence-corrected chi connectivity index (χ3v) is 5.51. The second kappa shape index (κ2) is 8.76. The smallest absolute Gasteiger partial charge is 0.234 e. The van der Waals surface area contributed by atoms with Gasteiger partial charge in [0.25, 0.3) is 0 Å². The van der Waals surface area contributed by atoms with Gasteiger partial charge < -0.3 is 5.32 Å². The molecule has 0 atom stereocenters. The number of thiophene rings is 1. The summed E-state index contributed by atoms with van der Waals surface area (Å²) < 4.78 is 13.1. The molecule has 3 rings (SSSR count). The largest absolute Gasteiger partial charge is 0.350 e. The second-order valence-corrected chi connectivity index (χ2v) is 7.58. The number of amides is 1. The first kappa shape index (κ1) is 18.3. The van der Waals surface area contributed by atoms with Crippen LogP contribution in [0.15, 0.2) is 35.7 Å². The van der Waals surface area contributed by atoms with Crippen molar-refractivity contribution in [2.45, 2.75) is 13.1 Å². The molecule has 0 aliphatic carbocycles. The average Bonchev–Trinajstić information content (AvgIpc) is 3.11. The summed E-state index contributed by atoms with van der Waals surface area (Å²) in [6.45, 7) is 5.14. The topological polar surface area (TPSA) is 35.6 Å². The van der Waals surface area contributed by atoms with E-state index in [0.29, 0.717) is 24.7 Å². The van der Waals surface area contributed by atoms with E-state index in [-0.39, 0.29) is 11.7 Å². The van der Waals surface area contributed by atoms with Gasteiger partial charge >= 0.3 is 0 Å². The Balaban J connectivity index is 1.40. The van der Waals surface area contributed by atoms with Crippen molar-refractivity contribution >= 4 is 28.8 Å². The van der Waals surface area contributed by atoms with Crippen molar-refractivity contribution in [1.29, 1.82) is 0 Å². The predicted octanol–water partition coefficient (Wildman–Crippen LogP) is 2.97. The molecule has 2 heterocycles. The zero-order valence-corrected chi connectivity index (χ0v) is 15.5. The van der Waals surface area contributed by atoms with Crippen LogP contribution in [0.1, 0.15) is 10.4 Å². The SMILES string of the molecule is O=C(CN1CCN(Cc2ccc(F)cc2Cl)CC1)NCc1cccs1. The molecule has 1 aromatic heterocycles. The normalized spacial score (nSPS) is 16.1. The van der Waals surface area contributed by atoms with E-state index in [1.54, 1.807) is 17.4 Å². The van der Waals surface area contributed by atoms with Crippen LogP contribution in [-0.2, 0) is 17.9 Å². The van der Waals surface area contributed by atoms with Gasteiger partial charge in [-0.05, 0) is 29.1 Å². The van der Waals surface area contributed by atoms with Crippen LogP contribution in [0.3, 0.4) is 0 Å². The van der Waals surface area contributed by atoms with Crippen LogP contribution in [0.2, 0.25) is 5.02 Å². The van der Waals surface area contributed by atoms with E-state index in [4.69, 9.17) is 11.6 Å². The van der Waals surface area contributed by atoms with E-state index in [1.165, 1.54) is 12.1 Å². The third-order valence-electron chi connectivity index (χ3n) is 4.28. The number of rotatable bonds is 6. The van der Waals surface area contributed by atoms with E-state index in [1.807, 2.05) is 17.5 Å². The first-order chi connectivity index (χ1) is 12.1. The first-order valence-electron chi connectivity index (χ1n) is 8.28. The molecule has 134 valence electrons. The maximum Gasteiger partial charge on any atom is 0.234 e. The number of halogens is 2. The highest BCUT2D eigenvalue weighted by Gasteiger charge is 2.19. The molecule has 0 saturated carbocycles. The fraction of sp³-hybridized carbons (Fsp3) is 0.389. The van der Waals surface area contributed by atoms with Crippen LogP contribution in [0, 0.1) is 5.82 Å². The number of piperazine rings is 1. The van der Waals surface area contributed by atoms with Crippen LogP contribution >= 0.6 is 22.9 Å². The fourth-order valence-electron chi connectivity index (χ4n) is 2.85. The van der Waals surface area contributed by atoms with Gasteiger partial charge in [-0.1, -0.05) is 23.7 Å². The van der Waals surface area contributed by atoms with E-state index >= 15 is 0 Å². The molecule has 1 aromatic carbocycles. The van der Waals surface area contributed by atoms with Crippen LogP contribution in [0.5, 0.6) is 0 Å². The Kier molecular flexibility index (Phi) is 6.42. The van der Waals surface area contributed by atoms with Crippen LogP contribution in [0.4, 0.5) is 4.39 Å². The highest BCUT2D eigenvalue weighted by atomic mass is 35.5. The predicted molar refractivity (Wildman–Crippen MR) is 99.3 cm³/mol. The summed E-state index contributed by atoms with van der Waals surface area (Å²) in [6, 6.07) is 8.53. The van der Waals surface area contributed by atoms with Crippen molar-refractivity contribution in [1.82, 2.24) is 15.1 Å². The summed E-state index contributed by atoms with van der Waals surface area (Å²) in [5, 5.41) is 5.44. The standard InChI is InChI=1S/C18H21ClFN3OS/c19-17-10-15(20)4-3-14(17)12-22-5-7-23(8-6-22)13-18(24)21-11-16-2-1-9-25-16/h1-4,9-10H,5-8,11-13H2,(H,21,24). The minimum Gasteiger partial charge on any atom is -0.350 e. The number of hydrogen-bond donors (Lipinski definition) is 1. The minimum atomic E-state index is -0.313. The van der Waals surface area contributed by atoms with Gasteiger partial charge in [0.1, 0.15) is 5.82 Å². The fourth-order valence-corrected chi connectivity index (χ4v) is 3.73. The monoisotopic (exact) mass is 381 g/mol. The van der Waals surface area contributed by atoms with Gasteiger partial charge in [0.15, 0.2) is 0 Å². The molecule has 1 aliphatic rings. The Morgan fingerprint density at radius 2 is 1.96 bits per heavy atom. The molecule has 1 aliphatic heterocycles. The molecule has 1 amide bonds. The van der Waals surface area contributed by atoms with E-state index in [2.05, 4.69) is 15.1 Å². The molecule has 25 heavy (non-hydrogen) atoms. The van der Waals surface area contributed by atoms with Gasteiger partial charge in [-0.15, -0.1) is 11.3 Å². The zero-order valence-electron chi connectivity index (χ0n) is 13.9. The van der Waals surface area contributed by atoms with Gasteiger partial charge in [0.2, 0.25) is 5.91 Å². The molecule has 1 fully saturated rings. The van der Waals surface area contributed by atoms with Gasteiger partial charge in [-0.2, -0.15) is 0 Å². The molecule has 0 radical (unpaired) electrons. The lowest BCUT2D eigenvalue weighted by atomic mass is 10.2. The van der Waals surface area contributed by atoms with Crippen molar-refractivity contribution in [2.24, 2.45) is 0 Å². The Labute approximate surface area is 156 Å². The van der Waals surface area contributed by atoms with Crippen LogP contribution in [0.25, 0.3) is 0 Å². The lowest BCUT2D eigenvalue weighted by molar-refractivity contribution is -0.122. The highest BCUT2D eigenvalue weighted by Crippen LogP contribution is 2.19. The van der Waals surface area contributed by atoms with E-state index in [9.17, 15) is 9.18 Å². The molecule has 4 nitrogen and oxygen atoms in total. The highest BCUT2D eigenvalue weighted by molar-refractivity contribution is 7.09. The summed E-state index contributed by atoms with van der Waals surface area (Å²) in [4.78, 5) is 17.6. The molecule has 1 saturated heterocycles. The second-order valence-electron chi connectivity index (χ2n) is 6.14. The van der Waals surface area contributed by atoms with E-state index < -0.39 is 0 Å². The zero-order chi connectivity index (χ0) is 17.6. The molecule has 0 spiro atoms. The Bertz CT molecular complexity index is 702. The number of nitrogens with zero attached hydrogens (tertiary/aromatic N) is 2. The Hall–Kier alpha value is -1.47. The van der Waals surface area contributed by atoms with Crippen molar-refractivity contribution in [3.05, 3.63) is 57.0 Å². The number of benzene rings is 1. The van der Waals surface area contributed by atoms with Crippen LogP contribution < -0.4 is 5.32 Å². The third kappa shape index (κ3) is 5.51. The molecule has 1 N–H and O–H groups in total. The van der Waals surface area contributed by atoms with Crippen molar-refractivity contribution < 1.29 is 9.18 Å². The van der Waals surface area contributed by atoms with Gasteiger partial charge in [0.05, 0.1) is 13.1 Å². The number of hydrogen-bond acceptors (Lipinski definition) is 4. The summed E-state index contributed by atoms with van der Waals surface area (Å²) in [5.74, 6) is -0.254. The van der Waals surface area contributed by atoms with Gasteiger partial charge in [0, 0.05) is 42.6 Å². The average molecular weight is 382 g/mol. The molecular formula is C18H21ClFN3OS. The number of nitrogens with one attached hydrogen (secondary N) is 1. The summed E-state index contributed by atoms with van der Waals surface area (Å²) in [6.07, 6.45) is 0. The minimum absolute atomic E-state index is 0.0587. The summed E-state index contributed by atoms with van der Waals surface area (Å²) >= 11 is 7.74. The molecule has 0 unspecified atom stereocenters. The Morgan fingerprint density at radius 1 is 1.20 bits per heavy atom. The molecule has 2 aromatic rings. The van der Waals surface area contributed by atoms with E-state index in [0.717, 1.165) is 36.6 Å². The number of carbonyl (C=O) groups excluding carboxylic acids is 1. The maximum atomic E-state index is 13.1. The molecular weight excluding hydrogens is 361 g/mol. The molecule has 0 bridgehead atoms. The maximum absolute atomic E-state index is 13.1. The van der Waals surface area contributed by atoms with Crippen molar-refractivity contribution in [2.75, 3.05) is 32.7 Å². The van der Waals surface area contributed by atoms with Crippen molar-refractivity contribution in [3.63, 3.8) is 0 Å². The first-order valence-corrected chi connectivity index (χ1v) is 9.53. The van der Waals surface area contributed by atoms with Crippen molar-refractivity contribution in [3.8, 4) is 0 Å². The summed E-state index contributed by atoms with van der Waals surface area (Å²) in [7, 11) is 0. The lowest BCUT2D eigenvalue weighted by Crippen LogP contribution is -2.49. The summed E-state index contributed by atoms with van der Waals surface area (Å²) in [5.41, 5.74) is 0.935. The van der Waals surface area contributed by atoms with Gasteiger partial charge in [-0.25, -0.2) is 4.39 Å². The quantitative estimate of drug-likeness (QED) is 0.835. The number of carbonyl (C=O) groups is 1. The molecule has 7 heteroatoms. The lowest BCUT2D eigenvalue weighted by Gasteiger charge is -2.34. The Morgan fingerprint density at radius 3 is 2.64 bits per heavy atom. The van der Waals surface area contributed by atoms with Gasteiger partial charge in [-0.3, -0.25) is 14.6 Å². The van der Waals surface area contributed by atoms with Crippen LogP contribution in [-0.4, -0.2) is 48.4 Å².